The zero-order valence-corrected chi connectivity index (χ0v) is 12.1. The van der Waals surface area contributed by atoms with Crippen molar-refractivity contribution in [2.75, 3.05) is 0 Å². The summed E-state index contributed by atoms with van der Waals surface area (Å²) >= 11 is 1.58. The monoisotopic (exact) mass is 299 g/mol. The van der Waals surface area contributed by atoms with Crippen LogP contribution in [-0.2, 0) is 0 Å². The zero-order valence-electron chi connectivity index (χ0n) is 11.3. The number of nitrogens with one attached hydrogen (secondary N) is 2. The van der Waals surface area contributed by atoms with Crippen LogP contribution >= 0.6 is 11.3 Å². The van der Waals surface area contributed by atoms with Gasteiger partial charge in [-0.05, 0) is 35.4 Å². The van der Waals surface area contributed by atoms with Gasteiger partial charge in [0.1, 0.15) is 0 Å². The van der Waals surface area contributed by atoms with Crippen LogP contribution in [0.3, 0.4) is 0 Å². The fraction of sp³-hybridized carbons (Fsp3) is 0.133. The highest BCUT2D eigenvalue weighted by Gasteiger charge is 2.16. The van der Waals surface area contributed by atoms with Gasteiger partial charge < -0.3 is 5.32 Å². The third-order valence-corrected chi connectivity index (χ3v) is 4.00. The number of carbonyl (C=O) groups excluding carboxylic acids is 1. The number of rotatable bonds is 3. The van der Waals surface area contributed by atoms with Crippen LogP contribution in [0.2, 0.25) is 0 Å². The molecule has 0 aliphatic rings. The Hall–Kier alpha value is -2.47. The van der Waals surface area contributed by atoms with E-state index in [1.54, 1.807) is 35.6 Å². The summed E-state index contributed by atoms with van der Waals surface area (Å²) in [4.78, 5) is 24.1. The molecular weight excluding hydrogens is 286 g/mol. The van der Waals surface area contributed by atoms with Gasteiger partial charge >= 0.3 is 0 Å². The number of aromatic amines is 1. The Kier molecular flexibility index (Phi) is 3.53. The Morgan fingerprint density at radius 2 is 2.05 bits per heavy atom. The average molecular weight is 299 g/mol. The quantitative estimate of drug-likeness (QED) is 0.780. The minimum atomic E-state index is -0.304. The molecule has 0 saturated carbocycles. The van der Waals surface area contributed by atoms with Crippen molar-refractivity contribution in [3.8, 4) is 0 Å². The summed E-state index contributed by atoms with van der Waals surface area (Å²) in [5.74, 6) is -0.304. The van der Waals surface area contributed by atoms with Gasteiger partial charge in [0.25, 0.3) is 11.5 Å². The first-order valence-corrected chi connectivity index (χ1v) is 7.41. The first-order valence-electron chi connectivity index (χ1n) is 6.47. The smallest absolute Gasteiger partial charge is 0.272 e. The van der Waals surface area contributed by atoms with Crippen molar-refractivity contribution in [1.29, 1.82) is 0 Å². The molecule has 0 spiro atoms. The second-order valence-electron chi connectivity index (χ2n) is 4.70. The molecule has 2 heterocycles. The van der Waals surface area contributed by atoms with E-state index in [4.69, 9.17) is 0 Å². The van der Waals surface area contributed by atoms with Crippen molar-refractivity contribution in [3.63, 3.8) is 0 Å². The molecule has 0 bridgehead atoms. The first kappa shape index (κ1) is 13.5. The summed E-state index contributed by atoms with van der Waals surface area (Å²) in [5, 5.41) is 14.1. The molecule has 0 saturated heterocycles. The lowest BCUT2D eigenvalue weighted by Crippen LogP contribution is -2.28. The van der Waals surface area contributed by atoms with Gasteiger partial charge in [0, 0.05) is 5.39 Å². The molecule has 2 N–H and O–H groups in total. The van der Waals surface area contributed by atoms with E-state index in [1.165, 1.54) is 0 Å². The van der Waals surface area contributed by atoms with Gasteiger partial charge in [-0.25, -0.2) is 5.10 Å². The second kappa shape index (κ2) is 5.49. The van der Waals surface area contributed by atoms with Crippen LogP contribution in [0, 0.1) is 0 Å². The normalized spacial score (nSPS) is 12.2. The van der Waals surface area contributed by atoms with Gasteiger partial charge in [0.2, 0.25) is 0 Å². The Morgan fingerprint density at radius 1 is 1.29 bits per heavy atom. The van der Waals surface area contributed by atoms with E-state index < -0.39 is 0 Å². The number of thiophene rings is 1. The maximum atomic E-state index is 12.4. The van der Waals surface area contributed by atoms with Crippen molar-refractivity contribution in [2.45, 2.75) is 13.0 Å². The van der Waals surface area contributed by atoms with Crippen LogP contribution < -0.4 is 10.9 Å². The summed E-state index contributed by atoms with van der Waals surface area (Å²) in [7, 11) is 0. The number of nitrogens with zero attached hydrogens (tertiary/aromatic N) is 1. The van der Waals surface area contributed by atoms with Crippen LogP contribution in [0.1, 0.15) is 29.0 Å². The third kappa shape index (κ3) is 2.57. The maximum absolute atomic E-state index is 12.4. The van der Waals surface area contributed by atoms with E-state index in [9.17, 15) is 9.59 Å². The molecule has 0 radical (unpaired) electrons. The van der Waals surface area contributed by atoms with Crippen LogP contribution in [0.15, 0.2) is 45.9 Å². The van der Waals surface area contributed by atoms with Crippen molar-refractivity contribution in [2.24, 2.45) is 0 Å². The van der Waals surface area contributed by atoms with Gasteiger partial charge in [-0.1, -0.05) is 18.2 Å². The predicted molar refractivity (Wildman–Crippen MR) is 82.6 cm³/mol. The summed E-state index contributed by atoms with van der Waals surface area (Å²) in [5.41, 5.74) is 0.974. The largest absolute Gasteiger partial charge is 0.344 e. The molecule has 1 aromatic carbocycles. The summed E-state index contributed by atoms with van der Waals surface area (Å²) in [6, 6.07) is 8.79. The number of hydrogen-bond donors (Lipinski definition) is 2. The molecule has 1 unspecified atom stereocenters. The molecule has 2 aromatic heterocycles. The minimum absolute atomic E-state index is 0.115. The van der Waals surface area contributed by atoms with Crippen molar-refractivity contribution >= 4 is 28.0 Å². The second-order valence-corrected chi connectivity index (χ2v) is 5.48. The zero-order chi connectivity index (χ0) is 14.8. The molecule has 0 aliphatic heterocycles. The van der Waals surface area contributed by atoms with Crippen molar-refractivity contribution in [1.82, 2.24) is 15.5 Å². The first-order chi connectivity index (χ1) is 10.2. The lowest BCUT2D eigenvalue weighted by molar-refractivity contribution is 0.0935. The van der Waals surface area contributed by atoms with Crippen molar-refractivity contribution in [3.05, 3.63) is 62.7 Å². The van der Waals surface area contributed by atoms with Crippen LogP contribution in [0.5, 0.6) is 0 Å². The fourth-order valence-electron chi connectivity index (χ4n) is 2.16. The van der Waals surface area contributed by atoms with E-state index in [2.05, 4.69) is 15.5 Å². The number of fused-ring (bicyclic) bond motifs is 1. The summed E-state index contributed by atoms with van der Waals surface area (Å²) in [6.07, 6.45) is 0. The van der Waals surface area contributed by atoms with E-state index in [0.717, 1.165) is 5.56 Å². The van der Waals surface area contributed by atoms with Gasteiger partial charge in [-0.15, -0.1) is 0 Å². The molecule has 3 aromatic rings. The molecule has 1 atom stereocenters. The van der Waals surface area contributed by atoms with Crippen LogP contribution in [0.25, 0.3) is 10.8 Å². The van der Waals surface area contributed by atoms with Crippen LogP contribution in [0.4, 0.5) is 0 Å². The third-order valence-electron chi connectivity index (χ3n) is 3.30. The SMILES string of the molecule is CC(NC(=O)c1n[nH]c(=O)c2ccccc12)c1ccsc1. The van der Waals surface area contributed by atoms with Gasteiger partial charge in [0.15, 0.2) is 5.69 Å². The Labute approximate surface area is 124 Å². The average Bonchev–Trinajstić information content (AvgIpc) is 3.02. The lowest BCUT2D eigenvalue weighted by Gasteiger charge is -2.12. The van der Waals surface area contributed by atoms with Crippen molar-refractivity contribution < 1.29 is 4.79 Å². The molecule has 106 valence electrons. The topological polar surface area (TPSA) is 74.8 Å². The molecule has 5 nitrogen and oxygen atoms in total. The Balaban J connectivity index is 1.95. The Bertz CT molecular complexity index is 840. The number of aromatic nitrogens is 2. The van der Waals surface area contributed by atoms with E-state index in [1.807, 2.05) is 23.8 Å². The highest BCUT2D eigenvalue weighted by Crippen LogP contribution is 2.17. The fourth-order valence-corrected chi connectivity index (χ4v) is 2.91. The molecule has 3 rings (SSSR count). The number of hydrogen-bond acceptors (Lipinski definition) is 4. The molecule has 0 fully saturated rings. The molecule has 21 heavy (non-hydrogen) atoms. The van der Waals surface area contributed by atoms with E-state index >= 15 is 0 Å². The molecular formula is C15H13N3O2S. The minimum Gasteiger partial charge on any atom is -0.344 e. The van der Waals surface area contributed by atoms with Gasteiger partial charge in [-0.2, -0.15) is 16.4 Å². The number of amides is 1. The highest BCUT2D eigenvalue weighted by atomic mass is 32.1. The number of carbonyl (C=O) groups is 1. The van der Waals surface area contributed by atoms with Gasteiger partial charge in [-0.3, -0.25) is 9.59 Å². The number of benzene rings is 1. The lowest BCUT2D eigenvalue weighted by atomic mass is 10.1. The standard InChI is InChI=1S/C15H13N3O2S/c1-9(10-6-7-21-8-10)16-15(20)13-11-4-2-3-5-12(11)14(19)18-17-13/h2-9H,1H3,(H,16,20)(H,18,19). The molecule has 1 amide bonds. The Morgan fingerprint density at radius 3 is 2.76 bits per heavy atom. The molecule has 0 aliphatic carbocycles. The summed E-state index contributed by atoms with van der Waals surface area (Å²) < 4.78 is 0. The number of H-pyrrole nitrogens is 1. The van der Waals surface area contributed by atoms with E-state index in [0.29, 0.717) is 10.8 Å². The maximum Gasteiger partial charge on any atom is 0.272 e. The predicted octanol–water partition coefficient (Wildman–Crippen LogP) is 2.48. The van der Waals surface area contributed by atoms with Gasteiger partial charge in [0.05, 0.1) is 11.4 Å². The molecule has 6 heteroatoms. The summed E-state index contributed by atoms with van der Waals surface area (Å²) in [6.45, 7) is 1.91. The van der Waals surface area contributed by atoms with E-state index in [-0.39, 0.29) is 23.2 Å². The highest BCUT2D eigenvalue weighted by molar-refractivity contribution is 7.07. The van der Waals surface area contributed by atoms with Crippen LogP contribution in [-0.4, -0.2) is 16.1 Å².